The minimum absolute atomic E-state index is 0. The van der Waals surface area contributed by atoms with Crippen LogP contribution in [0.3, 0.4) is 0 Å². The van der Waals surface area contributed by atoms with E-state index in [0.29, 0.717) is 6.61 Å². The number of ether oxygens (including phenoxy) is 1. The molecule has 4 nitrogen and oxygen atoms in total. The van der Waals surface area contributed by atoms with E-state index in [-0.39, 0.29) is 35.4 Å². The molecule has 0 amide bonds. The van der Waals surface area contributed by atoms with Crippen molar-refractivity contribution in [3.05, 3.63) is 35.9 Å². The van der Waals surface area contributed by atoms with Gasteiger partial charge < -0.3 is 15.4 Å². The van der Waals surface area contributed by atoms with E-state index in [1.54, 1.807) is 14.2 Å². The van der Waals surface area contributed by atoms with Crippen molar-refractivity contribution >= 4 is 29.9 Å². The van der Waals surface area contributed by atoms with Crippen LogP contribution in [0.15, 0.2) is 35.3 Å². The van der Waals surface area contributed by atoms with Gasteiger partial charge in [0.05, 0.1) is 6.61 Å². The molecule has 5 heteroatoms. The van der Waals surface area contributed by atoms with E-state index in [9.17, 15) is 0 Å². The predicted octanol–water partition coefficient (Wildman–Crippen LogP) is 2.78. The summed E-state index contributed by atoms with van der Waals surface area (Å²) in [6, 6.07) is 10.7. The average molecular weight is 405 g/mol. The molecule has 0 radical (unpaired) electrons. The zero-order valence-electron chi connectivity index (χ0n) is 13.6. The van der Waals surface area contributed by atoms with E-state index in [2.05, 4.69) is 60.7 Å². The molecule has 1 rings (SSSR count). The molecular formula is C16H28IN3O. The van der Waals surface area contributed by atoms with Gasteiger partial charge in [0.15, 0.2) is 5.96 Å². The molecule has 1 aromatic carbocycles. The molecule has 0 aliphatic heterocycles. The first-order chi connectivity index (χ1) is 9.49. The number of rotatable bonds is 6. The lowest BCUT2D eigenvalue weighted by molar-refractivity contribution is 0.179. The number of aliphatic imine (C=N–C) groups is 1. The second-order valence-corrected chi connectivity index (χ2v) is 5.68. The van der Waals surface area contributed by atoms with Gasteiger partial charge in [0.25, 0.3) is 0 Å². The maximum absolute atomic E-state index is 5.12. The molecule has 0 fully saturated rings. The minimum atomic E-state index is 0. The molecule has 0 aromatic heterocycles. The van der Waals surface area contributed by atoms with Crippen LogP contribution in [-0.2, 0) is 10.2 Å². The highest BCUT2D eigenvalue weighted by Crippen LogP contribution is 2.21. The number of methoxy groups -OCH3 is 1. The molecule has 0 saturated carbocycles. The SMILES string of the molecule is CN=C(NCC(C)(C)c1ccccc1)NC(C)COC.I. The molecule has 0 heterocycles. The van der Waals surface area contributed by atoms with Gasteiger partial charge in [-0.25, -0.2) is 0 Å². The Bertz CT molecular complexity index is 421. The van der Waals surface area contributed by atoms with Crippen LogP contribution in [0.25, 0.3) is 0 Å². The van der Waals surface area contributed by atoms with E-state index in [0.717, 1.165) is 12.5 Å². The number of nitrogens with zero attached hydrogens (tertiary/aromatic N) is 1. The van der Waals surface area contributed by atoms with Crippen LogP contribution in [0.2, 0.25) is 0 Å². The van der Waals surface area contributed by atoms with Crippen molar-refractivity contribution in [3.63, 3.8) is 0 Å². The Balaban J connectivity index is 0.00000400. The molecule has 0 aliphatic carbocycles. The number of nitrogens with one attached hydrogen (secondary N) is 2. The predicted molar refractivity (Wildman–Crippen MR) is 101 cm³/mol. The summed E-state index contributed by atoms with van der Waals surface area (Å²) in [5, 5.41) is 6.69. The van der Waals surface area contributed by atoms with Crippen LogP contribution >= 0.6 is 24.0 Å². The smallest absolute Gasteiger partial charge is 0.191 e. The van der Waals surface area contributed by atoms with Crippen molar-refractivity contribution in [1.29, 1.82) is 0 Å². The minimum Gasteiger partial charge on any atom is -0.383 e. The van der Waals surface area contributed by atoms with Crippen molar-refractivity contribution in [1.82, 2.24) is 10.6 Å². The highest BCUT2D eigenvalue weighted by molar-refractivity contribution is 14.0. The molecule has 1 aromatic rings. The van der Waals surface area contributed by atoms with Gasteiger partial charge >= 0.3 is 0 Å². The van der Waals surface area contributed by atoms with Gasteiger partial charge in [-0.05, 0) is 12.5 Å². The zero-order chi connectivity index (χ0) is 15.0. The van der Waals surface area contributed by atoms with Crippen LogP contribution in [0.1, 0.15) is 26.3 Å². The third kappa shape index (κ3) is 7.13. The molecule has 21 heavy (non-hydrogen) atoms. The highest BCUT2D eigenvalue weighted by atomic mass is 127. The fraction of sp³-hybridized carbons (Fsp3) is 0.562. The molecule has 1 atom stereocenters. The second kappa shape index (κ2) is 10.00. The third-order valence-electron chi connectivity index (χ3n) is 3.28. The molecule has 0 saturated heterocycles. The Morgan fingerprint density at radius 3 is 2.43 bits per heavy atom. The number of halogens is 1. The van der Waals surface area contributed by atoms with Gasteiger partial charge in [-0.3, -0.25) is 4.99 Å². The summed E-state index contributed by atoms with van der Waals surface area (Å²) in [6.07, 6.45) is 0. The van der Waals surface area contributed by atoms with Crippen LogP contribution in [0.5, 0.6) is 0 Å². The first kappa shape index (κ1) is 20.2. The number of hydrogen-bond donors (Lipinski definition) is 2. The summed E-state index contributed by atoms with van der Waals surface area (Å²) in [5.41, 5.74) is 1.36. The van der Waals surface area contributed by atoms with Gasteiger partial charge in [0.1, 0.15) is 0 Å². The van der Waals surface area contributed by atoms with Crippen molar-refractivity contribution in [2.24, 2.45) is 4.99 Å². The lowest BCUT2D eigenvalue weighted by Gasteiger charge is -2.27. The lowest BCUT2D eigenvalue weighted by Crippen LogP contribution is -2.47. The third-order valence-corrected chi connectivity index (χ3v) is 3.28. The van der Waals surface area contributed by atoms with Crippen molar-refractivity contribution < 1.29 is 4.74 Å². The molecule has 120 valence electrons. The summed E-state index contributed by atoms with van der Waals surface area (Å²) >= 11 is 0. The van der Waals surface area contributed by atoms with E-state index >= 15 is 0 Å². The lowest BCUT2D eigenvalue weighted by atomic mass is 9.85. The Kier molecular flexibility index (Phi) is 9.61. The van der Waals surface area contributed by atoms with Gasteiger partial charge in [0, 0.05) is 32.2 Å². The van der Waals surface area contributed by atoms with Gasteiger partial charge in [-0.2, -0.15) is 0 Å². The number of guanidine groups is 1. The maximum atomic E-state index is 5.12. The van der Waals surface area contributed by atoms with Gasteiger partial charge in [-0.15, -0.1) is 24.0 Å². The molecule has 0 spiro atoms. The Morgan fingerprint density at radius 2 is 1.90 bits per heavy atom. The zero-order valence-corrected chi connectivity index (χ0v) is 16.0. The van der Waals surface area contributed by atoms with Crippen molar-refractivity contribution in [2.75, 3.05) is 27.3 Å². The maximum Gasteiger partial charge on any atom is 0.191 e. The van der Waals surface area contributed by atoms with E-state index in [4.69, 9.17) is 4.74 Å². The Morgan fingerprint density at radius 1 is 1.29 bits per heavy atom. The Hall–Kier alpha value is -0.820. The average Bonchev–Trinajstić information content (AvgIpc) is 2.44. The van der Waals surface area contributed by atoms with Crippen LogP contribution < -0.4 is 10.6 Å². The number of hydrogen-bond acceptors (Lipinski definition) is 2. The summed E-state index contributed by atoms with van der Waals surface area (Å²) in [4.78, 5) is 4.25. The molecule has 2 N–H and O–H groups in total. The number of benzene rings is 1. The van der Waals surface area contributed by atoms with Crippen molar-refractivity contribution in [2.45, 2.75) is 32.2 Å². The van der Waals surface area contributed by atoms with Crippen LogP contribution in [0, 0.1) is 0 Å². The summed E-state index contributed by atoms with van der Waals surface area (Å²) < 4.78 is 5.12. The molecule has 0 bridgehead atoms. The van der Waals surface area contributed by atoms with Crippen LogP contribution in [0.4, 0.5) is 0 Å². The Labute approximate surface area is 145 Å². The highest BCUT2D eigenvalue weighted by Gasteiger charge is 2.20. The summed E-state index contributed by atoms with van der Waals surface area (Å²) in [7, 11) is 3.48. The first-order valence-corrected chi connectivity index (χ1v) is 7.01. The first-order valence-electron chi connectivity index (χ1n) is 7.01. The van der Waals surface area contributed by atoms with E-state index < -0.39 is 0 Å². The van der Waals surface area contributed by atoms with Crippen molar-refractivity contribution in [3.8, 4) is 0 Å². The summed E-state index contributed by atoms with van der Waals surface area (Å²) in [5.74, 6) is 0.804. The normalized spacial score (nSPS) is 13.3. The monoisotopic (exact) mass is 405 g/mol. The van der Waals surface area contributed by atoms with Gasteiger partial charge in [0.2, 0.25) is 0 Å². The quantitative estimate of drug-likeness (QED) is 0.435. The summed E-state index contributed by atoms with van der Waals surface area (Å²) in [6.45, 7) is 7.99. The fourth-order valence-electron chi connectivity index (χ4n) is 2.02. The molecular weight excluding hydrogens is 377 g/mol. The van der Waals surface area contributed by atoms with Crippen LogP contribution in [-0.4, -0.2) is 39.3 Å². The van der Waals surface area contributed by atoms with E-state index in [1.807, 2.05) is 6.07 Å². The second-order valence-electron chi connectivity index (χ2n) is 5.68. The topological polar surface area (TPSA) is 45.7 Å². The molecule has 0 aliphatic rings. The van der Waals surface area contributed by atoms with Gasteiger partial charge in [-0.1, -0.05) is 44.2 Å². The van der Waals surface area contributed by atoms with E-state index in [1.165, 1.54) is 5.56 Å². The largest absolute Gasteiger partial charge is 0.383 e. The standard InChI is InChI=1S/C16H27N3O.HI/c1-13(11-20-5)19-15(17-4)18-12-16(2,3)14-9-7-6-8-10-14;/h6-10,13H,11-12H2,1-5H3,(H2,17,18,19);1H. The fourth-order valence-corrected chi connectivity index (χ4v) is 2.02. The molecule has 1 unspecified atom stereocenters.